The molecule has 0 bridgehead atoms. The lowest BCUT2D eigenvalue weighted by molar-refractivity contribution is -0.113. The molecular weight excluding hydrogens is 494 g/mol. The van der Waals surface area contributed by atoms with Crippen LogP contribution in [-0.4, -0.2) is 53.2 Å². The molecule has 0 unspecified atom stereocenters. The van der Waals surface area contributed by atoms with Crippen LogP contribution >= 0.6 is 11.8 Å². The van der Waals surface area contributed by atoms with Crippen LogP contribution in [0, 0.1) is 0 Å². The molecule has 188 valence electrons. The zero-order valence-electron chi connectivity index (χ0n) is 20.3. The van der Waals surface area contributed by atoms with Crippen molar-refractivity contribution in [1.29, 1.82) is 0 Å². The Kier molecular flexibility index (Phi) is 6.95. The smallest absolute Gasteiger partial charge is 0.277 e. The first kappa shape index (κ1) is 24.2. The van der Waals surface area contributed by atoms with Crippen LogP contribution in [0.25, 0.3) is 33.9 Å². The van der Waals surface area contributed by atoms with Crippen LogP contribution in [0.5, 0.6) is 17.2 Å². The number of anilines is 1. The number of nitrogens with zero attached hydrogens (tertiary/aromatic N) is 3. The van der Waals surface area contributed by atoms with Gasteiger partial charge in [0.15, 0.2) is 11.5 Å². The van der Waals surface area contributed by atoms with Gasteiger partial charge in [-0.2, -0.15) is 0 Å². The second-order valence-electron chi connectivity index (χ2n) is 7.83. The first-order valence-electron chi connectivity index (χ1n) is 11.2. The average molecular weight is 518 g/mol. The van der Waals surface area contributed by atoms with Crippen LogP contribution in [0.4, 0.5) is 5.69 Å². The Morgan fingerprint density at radius 1 is 0.919 bits per heavy atom. The Morgan fingerprint density at radius 3 is 2.46 bits per heavy atom. The van der Waals surface area contributed by atoms with Gasteiger partial charge in [0.25, 0.3) is 5.22 Å². The number of carbonyl (C=O) groups excluding carboxylic acids is 1. The van der Waals surface area contributed by atoms with Gasteiger partial charge in [0, 0.05) is 16.8 Å². The highest BCUT2D eigenvalue weighted by atomic mass is 32.2. The van der Waals surface area contributed by atoms with Gasteiger partial charge >= 0.3 is 0 Å². The van der Waals surface area contributed by atoms with Crippen molar-refractivity contribution in [3.63, 3.8) is 0 Å². The summed E-state index contributed by atoms with van der Waals surface area (Å²) in [5.74, 6) is 2.97. The molecule has 10 nitrogen and oxygen atoms in total. The molecule has 3 aromatic carbocycles. The molecule has 0 spiro atoms. The second-order valence-corrected chi connectivity index (χ2v) is 8.75. The molecule has 37 heavy (non-hydrogen) atoms. The highest BCUT2D eigenvalue weighted by molar-refractivity contribution is 7.99. The molecule has 2 N–H and O–H groups in total. The number of hydrogen-bond donors (Lipinski definition) is 2. The van der Waals surface area contributed by atoms with Gasteiger partial charge in [-0.1, -0.05) is 11.8 Å². The zero-order chi connectivity index (χ0) is 25.8. The number of carbonyl (C=O) groups is 1. The summed E-state index contributed by atoms with van der Waals surface area (Å²) in [5.41, 5.74) is 3.88. The number of ether oxygens (including phenoxy) is 3. The Bertz CT molecular complexity index is 1550. The Labute approximate surface area is 216 Å². The van der Waals surface area contributed by atoms with Crippen molar-refractivity contribution in [2.75, 3.05) is 32.4 Å². The van der Waals surface area contributed by atoms with Crippen molar-refractivity contribution in [1.82, 2.24) is 20.2 Å². The lowest BCUT2D eigenvalue weighted by Gasteiger charge is -2.08. The maximum absolute atomic E-state index is 12.3. The number of aromatic nitrogens is 4. The molecular formula is C26H23N5O5S. The van der Waals surface area contributed by atoms with E-state index >= 15 is 0 Å². The molecule has 11 heteroatoms. The van der Waals surface area contributed by atoms with Crippen molar-refractivity contribution < 1.29 is 23.4 Å². The molecule has 0 aliphatic carbocycles. The van der Waals surface area contributed by atoms with Gasteiger partial charge in [0.1, 0.15) is 11.6 Å². The van der Waals surface area contributed by atoms with Crippen LogP contribution in [-0.2, 0) is 4.79 Å². The van der Waals surface area contributed by atoms with Gasteiger partial charge in [-0.3, -0.25) is 4.79 Å². The normalized spacial score (nSPS) is 10.9. The van der Waals surface area contributed by atoms with Gasteiger partial charge in [-0.05, 0) is 60.7 Å². The number of nitrogens with one attached hydrogen (secondary N) is 2. The van der Waals surface area contributed by atoms with E-state index in [9.17, 15) is 4.79 Å². The third-order valence-electron chi connectivity index (χ3n) is 5.49. The van der Waals surface area contributed by atoms with E-state index in [0.29, 0.717) is 34.1 Å². The second kappa shape index (κ2) is 10.6. The summed E-state index contributed by atoms with van der Waals surface area (Å²) in [7, 11) is 4.78. The Balaban J connectivity index is 1.26. The van der Waals surface area contributed by atoms with Crippen molar-refractivity contribution in [3.8, 4) is 40.1 Å². The van der Waals surface area contributed by atoms with Crippen molar-refractivity contribution in [2.45, 2.75) is 5.22 Å². The topological polar surface area (TPSA) is 124 Å². The number of methoxy groups -OCH3 is 3. The quantitative estimate of drug-likeness (QED) is 0.259. The summed E-state index contributed by atoms with van der Waals surface area (Å²) in [4.78, 5) is 20.3. The van der Waals surface area contributed by atoms with E-state index in [4.69, 9.17) is 18.6 Å². The molecule has 5 rings (SSSR count). The van der Waals surface area contributed by atoms with E-state index in [1.165, 1.54) is 0 Å². The molecule has 0 aliphatic rings. The molecule has 0 aliphatic heterocycles. The number of aromatic amines is 1. The fraction of sp³-hybridized carbons (Fsp3) is 0.154. The first-order valence-corrected chi connectivity index (χ1v) is 12.2. The number of hydrogen-bond acceptors (Lipinski definition) is 9. The molecule has 0 atom stereocenters. The van der Waals surface area contributed by atoms with Gasteiger partial charge < -0.3 is 28.9 Å². The SMILES string of the molecule is COc1ccc(NC(=O)CSc2nnc(-c3ccc4nc(-c5ccc(OC)c(OC)c5)[nH]c4c3)o2)cc1. The number of H-pyrrole nitrogens is 1. The summed E-state index contributed by atoms with van der Waals surface area (Å²) in [6.45, 7) is 0. The molecule has 0 saturated heterocycles. The summed E-state index contributed by atoms with van der Waals surface area (Å²) >= 11 is 1.16. The summed E-state index contributed by atoms with van der Waals surface area (Å²) in [6.07, 6.45) is 0. The van der Waals surface area contributed by atoms with Crippen LogP contribution in [0.1, 0.15) is 0 Å². The van der Waals surface area contributed by atoms with E-state index in [-0.39, 0.29) is 11.7 Å². The molecule has 0 saturated carbocycles. The number of rotatable bonds is 9. The molecule has 1 amide bonds. The van der Waals surface area contributed by atoms with Crippen LogP contribution in [0.2, 0.25) is 0 Å². The summed E-state index contributed by atoms with van der Waals surface area (Å²) < 4.78 is 21.6. The Morgan fingerprint density at radius 2 is 1.70 bits per heavy atom. The van der Waals surface area contributed by atoms with E-state index in [0.717, 1.165) is 39.7 Å². The van der Waals surface area contributed by atoms with Gasteiger partial charge in [-0.15, -0.1) is 10.2 Å². The molecule has 0 fully saturated rings. The van der Waals surface area contributed by atoms with Crippen molar-refractivity contribution in [3.05, 3.63) is 60.7 Å². The number of imidazole rings is 1. The lowest BCUT2D eigenvalue weighted by Crippen LogP contribution is -2.13. The van der Waals surface area contributed by atoms with E-state index in [1.54, 1.807) is 45.6 Å². The van der Waals surface area contributed by atoms with E-state index in [2.05, 4.69) is 25.5 Å². The predicted molar refractivity (Wildman–Crippen MR) is 140 cm³/mol. The monoisotopic (exact) mass is 517 g/mol. The maximum Gasteiger partial charge on any atom is 0.277 e. The maximum atomic E-state index is 12.3. The zero-order valence-corrected chi connectivity index (χ0v) is 21.1. The highest BCUT2D eigenvalue weighted by Gasteiger charge is 2.14. The largest absolute Gasteiger partial charge is 0.497 e. The summed E-state index contributed by atoms with van der Waals surface area (Å²) in [6, 6.07) is 18.3. The summed E-state index contributed by atoms with van der Waals surface area (Å²) in [5, 5.41) is 11.3. The number of fused-ring (bicyclic) bond motifs is 1. The number of amides is 1. The number of thioether (sulfide) groups is 1. The highest BCUT2D eigenvalue weighted by Crippen LogP contribution is 2.33. The molecule has 2 heterocycles. The third-order valence-corrected chi connectivity index (χ3v) is 6.31. The minimum Gasteiger partial charge on any atom is -0.497 e. The average Bonchev–Trinajstić information content (AvgIpc) is 3.59. The van der Waals surface area contributed by atoms with Crippen molar-refractivity contribution in [2.24, 2.45) is 0 Å². The van der Waals surface area contributed by atoms with Gasteiger partial charge in [-0.25, -0.2) is 4.98 Å². The van der Waals surface area contributed by atoms with Crippen LogP contribution < -0.4 is 19.5 Å². The minimum absolute atomic E-state index is 0.127. The standard InChI is InChI=1S/C26H23N5O5S/c1-33-18-8-6-17(7-9-18)27-23(32)14-37-26-31-30-25(36-26)16-4-10-19-20(12-16)29-24(28-19)15-5-11-21(34-2)22(13-15)35-3/h4-13H,14H2,1-3H3,(H,27,32)(H,28,29). The minimum atomic E-state index is -0.184. The van der Waals surface area contributed by atoms with E-state index < -0.39 is 0 Å². The van der Waals surface area contributed by atoms with Gasteiger partial charge in [0.05, 0.1) is 38.1 Å². The number of benzene rings is 3. The third kappa shape index (κ3) is 5.36. The molecule has 5 aromatic rings. The lowest BCUT2D eigenvalue weighted by atomic mass is 10.2. The van der Waals surface area contributed by atoms with Crippen LogP contribution in [0.15, 0.2) is 70.3 Å². The Hall–Kier alpha value is -4.51. The van der Waals surface area contributed by atoms with Gasteiger partial charge in [0.2, 0.25) is 11.8 Å². The molecule has 2 aromatic heterocycles. The fourth-order valence-electron chi connectivity index (χ4n) is 3.65. The van der Waals surface area contributed by atoms with Crippen LogP contribution in [0.3, 0.4) is 0 Å². The molecule has 0 radical (unpaired) electrons. The first-order chi connectivity index (χ1) is 18.1. The van der Waals surface area contributed by atoms with E-state index in [1.807, 2.05) is 36.4 Å². The van der Waals surface area contributed by atoms with Crippen molar-refractivity contribution >= 4 is 34.4 Å². The fourth-order valence-corrected chi connectivity index (χ4v) is 4.21. The predicted octanol–water partition coefficient (Wildman–Crippen LogP) is 5.04.